The first-order chi connectivity index (χ1) is 6.70. The third kappa shape index (κ3) is 1.55. The number of rotatable bonds is 2. The summed E-state index contributed by atoms with van der Waals surface area (Å²) in [6, 6.07) is 1.72. The summed E-state index contributed by atoms with van der Waals surface area (Å²) in [5.74, 6) is 0.298. The summed E-state index contributed by atoms with van der Waals surface area (Å²) in [5.41, 5.74) is 1.70. The zero-order valence-corrected chi connectivity index (χ0v) is 9.81. The van der Waals surface area contributed by atoms with Crippen molar-refractivity contribution in [1.82, 2.24) is 0 Å². The van der Waals surface area contributed by atoms with Gasteiger partial charge in [-0.2, -0.15) is 11.3 Å². The molecule has 14 heavy (non-hydrogen) atoms. The highest BCUT2D eigenvalue weighted by Crippen LogP contribution is 2.24. The second kappa shape index (κ2) is 3.71. The van der Waals surface area contributed by atoms with Crippen LogP contribution in [0.4, 0.5) is 0 Å². The predicted octanol–water partition coefficient (Wildman–Crippen LogP) is 3.64. The van der Waals surface area contributed by atoms with Crippen LogP contribution in [0.2, 0.25) is 0 Å². The van der Waals surface area contributed by atoms with Crippen molar-refractivity contribution in [2.24, 2.45) is 0 Å². The molecule has 0 radical (unpaired) electrons. The van der Waals surface area contributed by atoms with E-state index in [1.807, 2.05) is 17.7 Å². The van der Waals surface area contributed by atoms with Crippen molar-refractivity contribution in [2.75, 3.05) is 0 Å². The maximum Gasteiger partial charge on any atom is 0.230 e. The Labute approximate surface area is 93.7 Å². The molecule has 0 atom stereocenters. The number of hydrogen-bond acceptors (Lipinski definition) is 3. The van der Waals surface area contributed by atoms with Gasteiger partial charge in [-0.05, 0) is 39.9 Å². The summed E-state index contributed by atoms with van der Waals surface area (Å²) in [6.07, 6.45) is 1.50. The highest BCUT2D eigenvalue weighted by Gasteiger charge is 2.18. The van der Waals surface area contributed by atoms with Crippen LogP contribution in [-0.2, 0) is 0 Å². The quantitative estimate of drug-likeness (QED) is 0.780. The Balaban J connectivity index is 2.44. The van der Waals surface area contributed by atoms with Gasteiger partial charge in [0.05, 0.1) is 10.7 Å². The van der Waals surface area contributed by atoms with E-state index in [1.54, 1.807) is 6.07 Å². The lowest BCUT2D eigenvalue weighted by Gasteiger charge is -1.96. The molecule has 4 heteroatoms. The van der Waals surface area contributed by atoms with Crippen molar-refractivity contribution in [3.63, 3.8) is 0 Å². The second-order valence-corrected chi connectivity index (χ2v) is 4.49. The third-order valence-corrected chi connectivity index (χ3v) is 3.41. The zero-order valence-electron chi connectivity index (χ0n) is 7.41. The fourth-order valence-corrected chi connectivity index (χ4v) is 2.38. The summed E-state index contributed by atoms with van der Waals surface area (Å²) >= 11 is 4.79. The number of ketones is 1. The van der Waals surface area contributed by atoms with Gasteiger partial charge in [-0.15, -0.1) is 0 Å². The number of thiophene rings is 1. The molecule has 0 aliphatic carbocycles. The first-order valence-electron chi connectivity index (χ1n) is 4.00. The molecule has 2 aromatic heterocycles. The van der Waals surface area contributed by atoms with Crippen LogP contribution in [0.5, 0.6) is 0 Å². The first kappa shape index (κ1) is 9.68. The average Bonchev–Trinajstić information content (AvgIpc) is 2.73. The lowest BCUT2D eigenvalue weighted by atomic mass is 10.1. The molecule has 0 amide bonds. The molecule has 0 aliphatic heterocycles. The first-order valence-corrected chi connectivity index (χ1v) is 5.74. The average molecular weight is 271 g/mol. The molecule has 2 nitrogen and oxygen atoms in total. The largest absolute Gasteiger partial charge is 0.460 e. The minimum Gasteiger partial charge on any atom is -0.460 e. The van der Waals surface area contributed by atoms with E-state index < -0.39 is 0 Å². The minimum absolute atomic E-state index is 0.0689. The van der Waals surface area contributed by atoms with E-state index in [0.29, 0.717) is 15.8 Å². The van der Waals surface area contributed by atoms with E-state index in [-0.39, 0.29) is 5.78 Å². The van der Waals surface area contributed by atoms with Crippen molar-refractivity contribution in [3.05, 3.63) is 44.4 Å². The van der Waals surface area contributed by atoms with E-state index in [4.69, 9.17) is 4.42 Å². The van der Waals surface area contributed by atoms with Gasteiger partial charge in [0.15, 0.2) is 5.76 Å². The van der Waals surface area contributed by atoms with Gasteiger partial charge in [0.1, 0.15) is 0 Å². The topological polar surface area (TPSA) is 30.2 Å². The van der Waals surface area contributed by atoms with Crippen LogP contribution in [-0.4, -0.2) is 5.78 Å². The Hall–Kier alpha value is -0.870. The van der Waals surface area contributed by atoms with Crippen LogP contribution in [0.1, 0.15) is 21.7 Å². The van der Waals surface area contributed by atoms with E-state index in [2.05, 4.69) is 15.9 Å². The molecule has 0 bridgehead atoms. The molecular formula is C10H7BrO2S. The standard InChI is InChI=1S/C10H7BrO2S/c1-6-4-14-5-7(6)9(12)10-8(11)2-3-13-10/h2-5H,1H3. The maximum absolute atomic E-state index is 11.9. The molecule has 2 heterocycles. The molecule has 0 spiro atoms. The molecule has 0 fully saturated rings. The molecular weight excluding hydrogens is 264 g/mol. The molecule has 0 unspecified atom stereocenters. The fraction of sp³-hybridized carbons (Fsp3) is 0.100. The van der Waals surface area contributed by atoms with E-state index in [1.165, 1.54) is 17.6 Å². The number of aryl methyl sites for hydroxylation is 1. The van der Waals surface area contributed by atoms with E-state index >= 15 is 0 Å². The molecule has 0 aliphatic rings. The lowest BCUT2D eigenvalue weighted by Crippen LogP contribution is -2.00. The fourth-order valence-electron chi connectivity index (χ4n) is 1.17. The number of carbonyl (C=O) groups excluding carboxylic acids is 1. The summed E-state index contributed by atoms with van der Waals surface area (Å²) in [7, 11) is 0. The highest BCUT2D eigenvalue weighted by molar-refractivity contribution is 9.10. The van der Waals surface area contributed by atoms with Crippen LogP contribution in [0.15, 0.2) is 32.0 Å². The molecule has 2 rings (SSSR count). The van der Waals surface area contributed by atoms with Crippen molar-refractivity contribution >= 4 is 33.0 Å². The van der Waals surface area contributed by atoms with Crippen LogP contribution in [0.3, 0.4) is 0 Å². The van der Waals surface area contributed by atoms with Crippen LogP contribution in [0, 0.1) is 6.92 Å². The zero-order chi connectivity index (χ0) is 10.1. The SMILES string of the molecule is Cc1cscc1C(=O)c1occc1Br. The van der Waals surface area contributed by atoms with E-state index in [9.17, 15) is 4.79 Å². The molecule has 2 aromatic rings. The maximum atomic E-state index is 11.9. The van der Waals surface area contributed by atoms with Gasteiger partial charge in [-0.3, -0.25) is 4.79 Å². The molecule has 0 saturated carbocycles. The van der Waals surface area contributed by atoms with E-state index in [0.717, 1.165) is 5.56 Å². The van der Waals surface area contributed by atoms with Gasteiger partial charge < -0.3 is 4.42 Å². The van der Waals surface area contributed by atoms with Gasteiger partial charge in [0, 0.05) is 10.9 Å². The molecule has 0 N–H and O–H groups in total. The monoisotopic (exact) mass is 270 g/mol. The Morgan fingerprint density at radius 3 is 2.79 bits per heavy atom. The molecule has 0 aromatic carbocycles. The Morgan fingerprint density at radius 1 is 1.50 bits per heavy atom. The summed E-state index contributed by atoms with van der Waals surface area (Å²) in [4.78, 5) is 11.9. The van der Waals surface area contributed by atoms with Gasteiger partial charge in [0.2, 0.25) is 5.78 Å². The number of hydrogen-bond donors (Lipinski definition) is 0. The normalized spacial score (nSPS) is 10.4. The Morgan fingerprint density at radius 2 is 2.29 bits per heavy atom. The second-order valence-electron chi connectivity index (χ2n) is 2.90. The Bertz CT molecular complexity index is 428. The van der Waals surface area contributed by atoms with Gasteiger partial charge in [0.25, 0.3) is 0 Å². The van der Waals surface area contributed by atoms with Crippen LogP contribution < -0.4 is 0 Å². The van der Waals surface area contributed by atoms with Crippen molar-refractivity contribution in [1.29, 1.82) is 0 Å². The smallest absolute Gasteiger partial charge is 0.230 e. The number of carbonyl (C=O) groups is 1. The highest BCUT2D eigenvalue weighted by atomic mass is 79.9. The predicted molar refractivity (Wildman–Crippen MR) is 58.9 cm³/mol. The minimum atomic E-state index is -0.0689. The summed E-state index contributed by atoms with van der Waals surface area (Å²) < 4.78 is 5.82. The Kier molecular flexibility index (Phi) is 2.56. The van der Waals surface area contributed by atoms with Gasteiger partial charge >= 0.3 is 0 Å². The summed E-state index contributed by atoms with van der Waals surface area (Å²) in [6.45, 7) is 1.92. The summed E-state index contributed by atoms with van der Waals surface area (Å²) in [5, 5.41) is 3.79. The van der Waals surface area contributed by atoms with Crippen molar-refractivity contribution in [3.8, 4) is 0 Å². The van der Waals surface area contributed by atoms with Crippen LogP contribution in [0.25, 0.3) is 0 Å². The lowest BCUT2D eigenvalue weighted by molar-refractivity contribution is 0.101. The van der Waals surface area contributed by atoms with Gasteiger partial charge in [-0.1, -0.05) is 0 Å². The van der Waals surface area contributed by atoms with Crippen molar-refractivity contribution < 1.29 is 9.21 Å². The van der Waals surface area contributed by atoms with Crippen LogP contribution >= 0.6 is 27.3 Å². The van der Waals surface area contributed by atoms with Gasteiger partial charge in [-0.25, -0.2) is 0 Å². The number of furan rings is 1. The number of halogens is 1. The third-order valence-electron chi connectivity index (χ3n) is 1.92. The molecule has 0 saturated heterocycles. The van der Waals surface area contributed by atoms with Crippen molar-refractivity contribution in [2.45, 2.75) is 6.92 Å². The molecule has 72 valence electrons.